The molecule has 0 bridgehead atoms. The zero-order valence-corrected chi connectivity index (χ0v) is 9.05. The van der Waals surface area contributed by atoms with Gasteiger partial charge in [0.1, 0.15) is 0 Å². The van der Waals surface area contributed by atoms with Gasteiger partial charge in [0.2, 0.25) is 0 Å². The van der Waals surface area contributed by atoms with Crippen LogP contribution in [0.1, 0.15) is 19.3 Å². The van der Waals surface area contributed by atoms with Crippen LogP contribution in [0.25, 0.3) is 0 Å². The molecule has 0 aliphatic carbocycles. The molecule has 0 aromatic carbocycles. The molecule has 0 saturated carbocycles. The van der Waals surface area contributed by atoms with Crippen LogP contribution in [0.2, 0.25) is 0 Å². The molecule has 0 radical (unpaired) electrons. The minimum absolute atomic E-state index is 0.805. The Balaban J connectivity index is 1.62. The van der Waals surface area contributed by atoms with Gasteiger partial charge < -0.3 is 10.1 Å². The molecule has 3 nitrogen and oxygen atoms in total. The standard InChI is InChI=1S/C10H16N2OS/c1-4-11-5-2-9(1)3-7-13-10-12-6-8-14-10/h6,8-9,11H,1-5,7H2. The SMILES string of the molecule is c1csc(OCCC2CCNCC2)n1. The Labute approximate surface area is 88.5 Å². The van der Waals surface area contributed by atoms with E-state index in [4.69, 9.17) is 4.74 Å². The smallest absolute Gasteiger partial charge is 0.273 e. The van der Waals surface area contributed by atoms with Crippen molar-refractivity contribution in [3.8, 4) is 5.19 Å². The lowest BCUT2D eigenvalue weighted by molar-refractivity contribution is 0.251. The van der Waals surface area contributed by atoms with Crippen molar-refractivity contribution in [2.24, 2.45) is 5.92 Å². The minimum atomic E-state index is 0.805. The molecule has 1 aromatic rings. The first-order chi connectivity index (χ1) is 6.95. The molecule has 1 aliphatic rings. The fourth-order valence-corrected chi connectivity index (χ4v) is 2.28. The van der Waals surface area contributed by atoms with Crippen LogP contribution in [0.5, 0.6) is 5.19 Å². The maximum Gasteiger partial charge on any atom is 0.273 e. The largest absolute Gasteiger partial charge is 0.470 e. The van der Waals surface area contributed by atoms with Gasteiger partial charge in [-0.2, -0.15) is 0 Å². The molecule has 4 heteroatoms. The van der Waals surface area contributed by atoms with Crippen LogP contribution in [0.15, 0.2) is 11.6 Å². The van der Waals surface area contributed by atoms with Gasteiger partial charge in [0.15, 0.2) is 0 Å². The summed E-state index contributed by atoms with van der Waals surface area (Å²) in [7, 11) is 0. The summed E-state index contributed by atoms with van der Waals surface area (Å²) < 4.78 is 5.54. The van der Waals surface area contributed by atoms with Gasteiger partial charge in [-0.05, 0) is 38.3 Å². The van der Waals surface area contributed by atoms with Crippen molar-refractivity contribution in [3.63, 3.8) is 0 Å². The van der Waals surface area contributed by atoms with E-state index < -0.39 is 0 Å². The second kappa shape index (κ2) is 5.32. The first-order valence-corrected chi connectivity index (χ1v) is 6.06. The highest BCUT2D eigenvalue weighted by atomic mass is 32.1. The summed E-state index contributed by atoms with van der Waals surface area (Å²) >= 11 is 1.56. The van der Waals surface area contributed by atoms with Crippen LogP contribution in [0, 0.1) is 5.92 Å². The number of hydrogen-bond donors (Lipinski definition) is 1. The fraction of sp³-hybridized carbons (Fsp3) is 0.700. The quantitative estimate of drug-likeness (QED) is 0.828. The highest BCUT2D eigenvalue weighted by Gasteiger charge is 2.12. The van der Waals surface area contributed by atoms with E-state index in [2.05, 4.69) is 10.3 Å². The van der Waals surface area contributed by atoms with Crippen molar-refractivity contribution in [1.82, 2.24) is 10.3 Å². The van der Waals surface area contributed by atoms with Crippen molar-refractivity contribution < 1.29 is 4.74 Å². The molecule has 78 valence electrons. The van der Waals surface area contributed by atoms with Crippen molar-refractivity contribution in [1.29, 1.82) is 0 Å². The number of hydrogen-bond acceptors (Lipinski definition) is 4. The number of thiazole rings is 1. The molecular weight excluding hydrogens is 196 g/mol. The van der Waals surface area contributed by atoms with E-state index in [0.29, 0.717) is 0 Å². The van der Waals surface area contributed by atoms with E-state index in [-0.39, 0.29) is 0 Å². The summed E-state index contributed by atoms with van der Waals surface area (Å²) in [4.78, 5) is 4.08. The maximum atomic E-state index is 5.54. The van der Waals surface area contributed by atoms with E-state index in [1.807, 2.05) is 5.38 Å². The lowest BCUT2D eigenvalue weighted by atomic mass is 9.95. The normalized spacial score (nSPS) is 18.3. The molecule has 0 unspecified atom stereocenters. The summed E-state index contributed by atoms with van der Waals surface area (Å²) in [6, 6.07) is 0. The number of nitrogens with one attached hydrogen (secondary N) is 1. The minimum Gasteiger partial charge on any atom is -0.470 e. The third kappa shape index (κ3) is 2.96. The van der Waals surface area contributed by atoms with E-state index in [0.717, 1.165) is 17.7 Å². The molecule has 1 fully saturated rings. The Morgan fingerprint density at radius 2 is 2.36 bits per heavy atom. The molecule has 2 heterocycles. The van der Waals surface area contributed by atoms with Gasteiger partial charge in [0.25, 0.3) is 5.19 Å². The van der Waals surface area contributed by atoms with E-state index >= 15 is 0 Å². The van der Waals surface area contributed by atoms with Gasteiger partial charge in [0, 0.05) is 11.6 Å². The van der Waals surface area contributed by atoms with E-state index in [1.54, 1.807) is 17.5 Å². The third-order valence-corrected chi connectivity index (χ3v) is 3.30. The Bertz CT molecular complexity index is 245. The molecule has 1 aliphatic heterocycles. The van der Waals surface area contributed by atoms with Crippen LogP contribution >= 0.6 is 11.3 Å². The number of piperidine rings is 1. The zero-order valence-electron chi connectivity index (χ0n) is 8.24. The van der Waals surface area contributed by atoms with Crippen molar-refractivity contribution in [2.45, 2.75) is 19.3 Å². The zero-order chi connectivity index (χ0) is 9.64. The van der Waals surface area contributed by atoms with Gasteiger partial charge >= 0.3 is 0 Å². The molecule has 14 heavy (non-hydrogen) atoms. The second-order valence-corrected chi connectivity index (χ2v) is 4.49. The summed E-state index contributed by atoms with van der Waals surface area (Å²) in [5.41, 5.74) is 0. The fourth-order valence-electron chi connectivity index (χ4n) is 1.76. The predicted molar refractivity (Wildman–Crippen MR) is 57.8 cm³/mol. The molecule has 0 spiro atoms. The van der Waals surface area contributed by atoms with Crippen molar-refractivity contribution in [2.75, 3.05) is 19.7 Å². The average molecular weight is 212 g/mol. The number of aromatic nitrogens is 1. The van der Waals surface area contributed by atoms with E-state index in [9.17, 15) is 0 Å². The van der Waals surface area contributed by atoms with Gasteiger partial charge in [-0.1, -0.05) is 11.3 Å². The maximum absolute atomic E-state index is 5.54. The monoisotopic (exact) mass is 212 g/mol. The topological polar surface area (TPSA) is 34.1 Å². The van der Waals surface area contributed by atoms with Crippen LogP contribution in [-0.4, -0.2) is 24.7 Å². The highest BCUT2D eigenvalue weighted by molar-refractivity contribution is 7.11. The molecule has 1 aromatic heterocycles. The predicted octanol–water partition coefficient (Wildman–Crippen LogP) is 1.91. The Hall–Kier alpha value is -0.610. The Morgan fingerprint density at radius 1 is 1.50 bits per heavy atom. The van der Waals surface area contributed by atoms with Crippen LogP contribution in [0.3, 0.4) is 0 Å². The molecule has 1 N–H and O–H groups in total. The lowest BCUT2D eigenvalue weighted by Gasteiger charge is -2.21. The van der Waals surface area contributed by atoms with Crippen LogP contribution in [-0.2, 0) is 0 Å². The average Bonchev–Trinajstić information content (AvgIpc) is 2.72. The number of ether oxygens (including phenoxy) is 1. The van der Waals surface area contributed by atoms with Gasteiger partial charge in [-0.25, -0.2) is 4.98 Å². The molecular formula is C10H16N2OS. The number of nitrogens with zero attached hydrogens (tertiary/aromatic N) is 1. The lowest BCUT2D eigenvalue weighted by Crippen LogP contribution is -2.28. The number of rotatable bonds is 4. The van der Waals surface area contributed by atoms with Crippen LogP contribution in [0.4, 0.5) is 0 Å². The van der Waals surface area contributed by atoms with Gasteiger partial charge in [0.05, 0.1) is 6.61 Å². The Morgan fingerprint density at radius 3 is 3.07 bits per heavy atom. The Kier molecular flexibility index (Phi) is 3.77. The molecule has 2 rings (SSSR count). The summed E-state index contributed by atoms with van der Waals surface area (Å²) in [6.07, 6.45) is 5.54. The van der Waals surface area contributed by atoms with Gasteiger partial charge in [-0.3, -0.25) is 0 Å². The molecule has 0 atom stereocenters. The van der Waals surface area contributed by atoms with E-state index in [1.165, 1.54) is 32.4 Å². The van der Waals surface area contributed by atoms with Crippen molar-refractivity contribution in [3.05, 3.63) is 11.6 Å². The first-order valence-electron chi connectivity index (χ1n) is 5.18. The highest BCUT2D eigenvalue weighted by Crippen LogP contribution is 2.18. The van der Waals surface area contributed by atoms with Crippen LogP contribution < -0.4 is 10.1 Å². The van der Waals surface area contributed by atoms with Gasteiger partial charge in [-0.15, -0.1) is 0 Å². The summed E-state index contributed by atoms with van der Waals surface area (Å²) in [5, 5.41) is 6.12. The summed E-state index contributed by atoms with van der Waals surface area (Å²) in [5.74, 6) is 0.844. The molecule has 1 saturated heterocycles. The van der Waals surface area contributed by atoms with Crippen molar-refractivity contribution >= 4 is 11.3 Å². The second-order valence-electron chi connectivity index (χ2n) is 3.63. The molecule has 0 amide bonds. The summed E-state index contributed by atoms with van der Waals surface area (Å²) in [6.45, 7) is 3.15. The third-order valence-electron chi connectivity index (χ3n) is 2.62. The first kappa shape index (κ1) is 9.93.